The van der Waals surface area contributed by atoms with Crippen molar-refractivity contribution in [2.45, 2.75) is 39.2 Å². The van der Waals surface area contributed by atoms with Gasteiger partial charge in [-0.05, 0) is 25.8 Å². The fourth-order valence-electron chi connectivity index (χ4n) is 1.35. The van der Waals surface area contributed by atoms with E-state index in [-0.39, 0.29) is 11.5 Å². The van der Waals surface area contributed by atoms with Gasteiger partial charge in [0.15, 0.2) is 0 Å². The predicted molar refractivity (Wildman–Crippen MR) is 58.8 cm³/mol. The normalized spacial score (nSPS) is 12.2. The van der Waals surface area contributed by atoms with Crippen LogP contribution < -0.4 is 5.56 Å². The van der Waals surface area contributed by atoms with Gasteiger partial charge in [0.25, 0.3) is 5.56 Å². The lowest BCUT2D eigenvalue weighted by Gasteiger charge is -2.19. The number of aryl methyl sites for hydroxylation is 1. The van der Waals surface area contributed by atoms with Gasteiger partial charge in [0.05, 0.1) is 16.9 Å². The third kappa shape index (κ3) is 2.45. The zero-order chi connectivity index (χ0) is 11.8. The molecule has 15 heavy (non-hydrogen) atoms. The van der Waals surface area contributed by atoms with Crippen LogP contribution in [-0.2, 0) is 12.6 Å². The van der Waals surface area contributed by atoms with Crippen molar-refractivity contribution >= 4 is 0 Å². The third-order valence-corrected chi connectivity index (χ3v) is 2.33. The highest BCUT2D eigenvalue weighted by molar-refractivity contribution is 5.21. The average molecular weight is 210 g/mol. The zero-order valence-electron chi connectivity index (χ0n) is 9.90. The van der Waals surface area contributed by atoms with Crippen molar-refractivity contribution < 1.29 is 5.11 Å². The number of hydrogen-bond donors (Lipinski definition) is 1. The molecule has 0 aliphatic heterocycles. The molecule has 0 aliphatic rings. The molecule has 0 unspecified atom stereocenters. The minimum Gasteiger partial charge on any atom is -0.386 e. The smallest absolute Gasteiger partial charge is 0.272 e. The second kappa shape index (κ2) is 3.77. The molecular weight excluding hydrogens is 192 g/mol. The Balaban J connectivity index is 3.46. The van der Waals surface area contributed by atoms with Crippen LogP contribution in [0.25, 0.3) is 0 Å². The first-order valence-corrected chi connectivity index (χ1v) is 5.04. The number of aromatic nitrogens is 2. The molecule has 0 saturated heterocycles. The lowest BCUT2D eigenvalue weighted by molar-refractivity contribution is 0.0760. The molecule has 1 heterocycles. The van der Waals surface area contributed by atoms with Crippen LogP contribution in [0, 0.1) is 0 Å². The Morgan fingerprint density at radius 2 is 2.00 bits per heavy atom. The second-order valence-corrected chi connectivity index (χ2v) is 4.63. The summed E-state index contributed by atoms with van der Waals surface area (Å²) in [4.78, 5) is 11.7. The van der Waals surface area contributed by atoms with E-state index in [4.69, 9.17) is 0 Å². The standard InChI is InChI=1S/C11H18N2O2/c1-7(2)9-6-8(11(3,4)15)10(14)13(5)12-9/h6-7,15H,1-5H3. The molecule has 1 aromatic heterocycles. The summed E-state index contributed by atoms with van der Waals surface area (Å²) < 4.78 is 1.28. The van der Waals surface area contributed by atoms with E-state index in [1.165, 1.54) is 4.68 Å². The number of nitrogens with zero attached hydrogens (tertiary/aromatic N) is 2. The van der Waals surface area contributed by atoms with E-state index in [0.29, 0.717) is 5.56 Å². The van der Waals surface area contributed by atoms with Crippen LogP contribution in [-0.4, -0.2) is 14.9 Å². The first-order chi connectivity index (χ1) is 6.73. The molecule has 0 saturated carbocycles. The SMILES string of the molecule is CC(C)c1cc(C(C)(C)O)c(=O)n(C)n1. The summed E-state index contributed by atoms with van der Waals surface area (Å²) in [7, 11) is 1.60. The maximum atomic E-state index is 11.7. The fourth-order valence-corrected chi connectivity index (χ4v) is 1.35. The van der Waals surface area contributed by atoms with Crippen LogP contribution >= 0.6 is 0 Å². The van der Waals surface area contributed by atoms with Crippen molar-refractivity contribution in [3.05, 3.63) is 27.7 Å². The van der Waals surface area contributed by atoms with E-state index >= 15 is 0 Å². The first kappa shape index (κ1) is 11.9. The highest BCUT2D eigenvalue weighted by atomic mass is 16.3. The predicted octanol–water partition coefficient (Wildman–Crippen LogP) is 1.13. The van der Waals surface area contributed by atoms with Gasteiger partial charge in [0, 0.05) is 7.05 Å². The maximum Gasteiger partial charge on any atom is 0.272 e. The molecule has 0 amide bonds. The summed E-state index contributed by atoms with van der Waals surface area (Å²) in [6.07, 6.45) is 0. The summed E-state index contributed by atoms with van der Waals surface area (Å²) in [5.74, 6) is 0.234. The molecule has 0 atom stereocenters. The lowest BCUT2D eigenvalue weighted by Crippen LogP contribution is -2.33. The number of rotatable bonds is 2. The maximum absolute atomic E-state index is 11.7. The Hall–Kier alpha value is -1.16. The quantitative estimate of drug-likeness (QED) is 0.796. The van der Waals surface area contributed by atoms with Gasteiger partial charge in [-0.2, -0.15) is 5.10 Å². The summed E-state index contributed by atoms with van der Waals surface area (Å²) >= 11 is 0. The van der Waals surface area contributed by atoms with Crippen LogP contribution in [0.4, 0.5) is 0 Å². The Morgan fingerprint density at radius 1 is 1.47 bits per heavy atom. The zero-order valence-corrected chi connectivity index (χ0v) is 9.90. The summed E-state index contributed by atoms with van der Waals surface area (Å²) in [6.45, 7) is 7.21. The molecule has 84 valence electrons. The molecule has 1 N–H and O–H groups in total. The van der Waals surface area contributed by atoms with Gasteiger partial charge < -0.3 is 5.11 Å². The van der Waals surface area contributed by atoms with Gasteiger partial charge >= 0.3 is 0 Å². The molecule has 4 nitrogen and oxygen atoms in total. The third-order valence-electron chi connectivity index (χ3n) is 2.33. The molecule has 1 aromatic rings. The van der Waals surface area contributed by atoms with Gasteiger partial charge in [0.2, 0.25) is 0 Å². The highest BCUT2D eigenvalue weighted by Crippen LogP contribution is 2.18. The van der Waals surface area contributed by atoms with Crippen molar-refractivity contribution in [3.8, 4) is 0 Å². The van der Waals surface area contributed by atoms with Crippen LogP contribution in [0.1, 0.15) is 44.9 Å². The molecule has 0 fully saturated rings. The van der Waals surface area contributed by atoms with Gasteiger partial charge in [-0.3, -0.25) is 4.79 Å². The topological polar surface area (TPSA) is 55.1 Å². The molecule has 0 radical (unpaired) electrons. The van der Waals surface area contributed by atoms with E-state index in [1.807, 2.05) is 13.8 Å². The van der Waals surface area contributed by atoms with Crippen LogP contribution in [0.2, 0.25) is 0 Å². The van der Waals surface area contributed by atoms with E-state index in [9.17, 15) is 9.90 Å². The molecule has 4 heteroatoms. The number of hydrogen-bond acceptors (Lipinski definition) is 3. The van der Waals surface area contributed by atoms with Crippen LogP contribution in [0.5, 0.6) is 0 Å². The number of aliphatic hydroxyl groups is 1. The van der Waals surface area contributed by atoms with Crippen molar-refractivity contribution in [2.24, 2.45) is 7.05 Å². The van der Waals surface area contributed by atoms with Gasteiger partial charge in [-0.25, -0.2) is 4.68 Å². The molecule has 1 rings (SSSR count). The molecule has 0 aliphatic carbocycles. The summed E-state index contributed by atoms with van der Waals surface area (Å²) in [5.41, 5.74) is -0.161. The lowest BCUT2D eigenvalue weighted by atomic mass is 9.98. The molecule has 0 bridgehead atoms. The monoisotopic (exact) mass is 210 g/mol. The first-order valence-electron chi connectivity index (χ1n) is 5.04. The average Bonchev–Trinajstić information content (AvgIpc) is 2.06. The minimum atomic E-state index is -1.12. The van der Waals surface area contributed by atoms with E-state index in [1.54, 1.807) is 27.0 Å². The van der Waals surface area contributed by atoms with Crippen molar-refractivity contribution in [1.29, 1.82) is 0 Å². The van der Waals surface area contributed by atoms with Crippen molar-refractivity contribution in [3.63, 3.8) is 0 Å². The molecule has 0 aromatic carbocycles. The fraction of sp³-hybridized carbons (Fsp3) is 0.636. The summed E-state index contributed by atoms with van der Waals surface area (Å²) in [6, 6.07) is 1.69. The van der Waals surface area contributed by atoms with E-state index < -0.39 is 5.60 Å². The van der Waals surface area contributed by atoms with Gasteiger partial charge in [0.1, 0.15) is 0 Å². The second-order valence-electron chi connectivity index (χ2n) is 4.63. The Kier molecular flexibility index (Phi) is 3.00. The van der Waals surface area contributed by atoms with Crippen molar-refractivity contribution in [1.82, 2.24) is 9.78 Å². The Morgan fingerprint density at radius 3 is 2.40 bits per heavy atom. The van der Waals surface area contributed by atoms with E-state index in [2.05, 4.69) is 5.10 Å². The van der Waals surface area contributed by atoms with Crippen LogP contribution in [0.3, 0.4) is 0 Å². The van der Waals surface area contributed by atoms with E-state index in [0.717, 1.165) is 5.69 Å². The minimum absolute atomic E-state index is 0.234. The van der Waals surface area contributed by atoms with Gasteiger partial charge in [-0.1, -0.05) is 13.8 Å². The largest absolute Gasteiger partial charge is 0.386 e. The van der Waals surface area contributed by atoms with Crippen molar-refractivity contribution in [2.75, 3.05) is 0 Å². The Labute approximate surface area is 89.6 Å². The Bertz CT molecular complexity index is 414. The molecule has 0 spiro atoms. The van der Waals surface area contributed by atoms with Gasteiger partial charge in [-0.15, -0.1) is 0 Å². The highest BCUT2D eigenvalue weighted by Gasteiger charge is 2.22. The summed E-state index contributed by atoms with van der Waals surface area (Å²) in [5, 5.41) is 14.0. The molecular formula is C11H18N2O2. The van der Waals surface area contributed by atoms with Crippen LogP contribution in [0.15, 0.2) is 10.9 Å².